The van der Waals surface area contributed by atoms with Crippen LogP contribution in [0.1, 0.15) is 16.6 Å². The Labute approximate surface area is 102 Å². The van der Waals surface area contributed by atoms with Crippen LogP contribution in [0.5, 0.6) is 0 Å². The number of ketones is 1. The minimum Gasteiger partial charge on any atom is -0.294 e. The highest BCUT2D eigenvalue weighted by Crippen LogP contribution is 2.28. The molecule has 3 rings (SSSR count). The molecule has 0 aliphatic carbocycles. The van der Waals surface area contributed by atoms with Gasteiger partial charge >= 0.3 is 0 Å². The number of Topliss-reactive ketones (excluding diaryl/α,β-unsaturated/α-hetero) is 1. The number of hydrogen-bond acceptors (Lipinski definition) is 3. The first kappa shape index (κ1) is 10.2. The van der Waals surface area contributed by atoms with Crippen molar-refractivity contribution in [3.05, 3.63) is 46.8 Å². The van der Waals surface area contributed by atoms with Crippen LogP contribution in [0.3, 0.4) is 0 Å². The lowest BCUT2D eigenvalue weighted by Crippen LogP contribution is -1.96. The van der Waals surface area contributed by atoms with Crippen LogP contribution in [0, 0.1) is 0 Å². The van der Waals surface area contributed by atoms with E-state index in [1.807, 2.05) is 40.2 Å². The Morgan fingerprint density at radius 3 is 3.00 bits per heavy atom. The minimum absolute atomic E-state index is 0.0964. The van der Waals surface area contributed by atoms with E-state index in [0.717, 1.165) is 21.7 Å². The molecule has 3 heterocycles. The topological polar surface area (TPSA) is 34.4 Å². The van der Waals surface area contributed by atoms with Crippen molar-refractivity contribution in [3.63, 3.8) is 0 Å². The molecule has 0 saturated carbocycles. The molecule has 0 bridgehead atoms. The zero-order valence-corrected chi connectivity index (χ0v) is 10.1. The number of carbonyl (C=O) groups excluding carboxylic acids is 1. The molecule has 3 nitrogen and oxygen atoms in total. The van der Waals surface area contributed by atoms with Crippen molar-refractivity contribution in [1.82, 2.24) is 9.61 Å². The molecule has 0 N–H and O–H groups in total. The summed E-state index contributed by atoms with van der Waals surface area (Å²) < 4.78 is 1.86. The Balaban J connectivity index is 2.30. The lowest BCUT2D eigenvalue weighted by molar-refractivity contribution is 0.102. The molecule has 0 amide bonds. The molecule has 17 heavy (non-hydrogen) atoms. The van der Waals surface area contributed by atoms with E-state index in [1.165, 1.54) is 11.3 Å². The first-order chi connectivity index (χ1) is 8.27. The van der Waals surface area contributed by atoms with Gasteiger partial charge in [0.05, 0.1) is 22.3 Å². The summed E-state index contributed by atoms with van der Waals surface area (Å²) in [6.45, 7) is 1.60. The highest BCUT2D eigenvalue weighted by atomic mass is 32.1. The summed E-state index contributed by atoms with van der Waals surface area (Å²) in [6.07, 6.45) is 1.76. The fourth-order valence-electron chi connectivity index (χ4n) is 1.94. The first-order valence-electron chi connectivity index (χ1n) is 5.29. The van der Waals surface area contributed by atoms with Gasteiger partial charge in [0, 0.05) is 5.56 Å². The summed E-state index contributed by atoms with van der Waals surface area (Å²) in [5.74, 6) is 0.0964. The van der Waals surface area contributed by atoms with Gasteiger partial charge in [-0.05, 0) is 36.6 Å². The highest BCUT2D eigenvalue weighted by Gasteiger charge is 2.13. The van der Waals surface area contributed by atoms with Crippen molar-refractivity contribution in [2.45, 2.75) is 6.92 Å². The van der Waals surface area contributed by atoms with E-state index in [9.17, 15) is 4.79 Å². The summed E-state index contributed by atoms with van der Waals surface area (Å²) in [5.41, 5.74) is 2.94. The number of fused-ring (bicyclic) bond motifs is 1. The molecule has 0 unspecified atom stereocenters. The number of pyridine rings is 1. The van der Waals surface area contributed by atoms with Gasteiger partial charge in [-0.2, -0.15) is 5.10 Å². The van der Waals surface area contributed by atoms with E-state index >= 15 is 0 Å². The number of nitrogens with zero attached hydrogens (tertiary/aromatic N) is 2. The summed E-state index contributed by atoms with van der Waals surface area (Å²) in [4.78, 5) is 12.3. The van der Waals surface area contributed by atoms with Crippen molar-refractivity contribution in [1.29, 1.82) is 0 Å². The third-order valence-electron chi connectivity index (χ3n) is 2.68. The number of hydrogen-bond donors (Lipinski definition) is 0. The fraction of sp³-hybridized carbons (Fsp3) is 0.0769. The molecule has 0 spiro atoms. The number of aromatic nitrogens is 2. The molecule has 3 aromatic rings. The van der Waals surface area contributed by atoms with E-state index in [1.54, 1.807) is 13.1 Å². The lowest BCUT2D eigenvalue weighted by Gasteiger charge is -2.04. The van der Waals surface area contributed by atoms with Crippen molar-refractivity contribution in [2.75, 3.05) is 0 Å². The fourth-order valence-corrected chi connectivity index (χ4v) is 2.74. The number of thiophene rings is 1. The van der Waals surface area contributed by atoms with Crippen molar-refractivity contribution < 1.29 is 4.79 Å². The minimum atomic E-state index is 0.0964. The molecular weight excluding hydrogens is 232 g/mol. The normalized spacial score (nSPS) is 10.9. The predicted octanol–water partition coefficient (Wildman–Crippen LogP) is 3.27. The maximum Gasteiger partial charge on any atom is 0.170 e. The van der Waals surface area contributed by atoms with Gasteiger partial charge in [0.15, 0.2) is 5.78 Å². The van der Waals surface area contributed by atoms with Crippen molar-refractivity contribution in [2.24, 2.45) is 0 Å². The predicted molar refractivity (Wildman–Crippen MR) is 68.5 cm³/mol. The van der Waals surface area contributed by atoms with Gasteiger partial charge < -0.3 is 0 Å². The second kappa shape index (κ2) is 3.82. The maximum atomic E-state index is 11.6. The van der Waals surface area contributed by atoms with Gasteiger partial charge in [-0.25, -0.2) is 4.52 Å². The first-order valence-corrected chi connectivity index (χ1v) is 6.17. The third kappa shape index (κ3) is 1.57. The highest BCUT2D eigenvalue weighted by molar-refractivity contribution is 7.12. The summed E-state index contributed by atoms with van der Waals surface area (Å²) in [6, 6.07) is 9.87. The van der Waals surface area contributed by atoms with Crippen LogP contribution in [0.4, 0.5) is 0 Å². The molecule has 0 atom stereocenters. The van der Waals surface area contributed by atoms with Gasteiger partial charge in [0.2, 0.25) is 0 Å². The molecule has 0 radical (unpaired) electrons. The van der Waals surface area contributed by atoms with Crippen LogP contribution in [-0.2, 0) is 0 Å². The molecular formula is C13H10N2OS. The van der Waals surface area contributed by atoms with Gasteiger partial charge in [0.25, 0.3) is 0 Å². The van der Waals surface area contributed by atoms with Gasteiger partial charge in [-0.3, -0.25) is 4.79 Å². The average molecular weight is 242 g/mol. The largest absolute Gasteiger partial charge is 0.294 e. The van der Waals surface area contributed by atoms with Gasteiger partial charge in [-0.1, -0.05) is 6.07 Å². The molecule has 0 aliphatic heterocycles. The second-order valence-corrected chi connectivity index (χ2v) is 4.71. The van der Waals surface area contributed by atoms with Crippen LogP contribution in [0.25, 0.3) is 16.8 Å². The molecule has 84 valence electrons. The van der Waals surface area contributed by atoms with Crippen molar-refractivity contribution in [3.8, 4) is 11.3 Å². The SMILES string of the molecule is CC(=O)c1sccc1-c1cccc2ccnn12. The summed E-state index contributed by atoms with van der Waals surface area (Å²) >= 11 is 1.47. The Morgan fingerprint density at radius 2 is 2.18 bits per heavy atom. The monoisotopic (exact) mass is 242 g/mol. The standard InChI is InChI=1S/C13H10N2OS/c1-9(16)13-11(6-8-17-13)12-4-2-3-10-5-7-14-15(10)12/h2-8H,1H3. The van der Waals surface area contributed by atoms with Crippen LogP contribution in [0.2, 0.25) is 0 Å². The molecule has 3 aromatic heterocycles. The number of rotatable bonds is 2. The van der Waals surface area contributed by atoms with Gasteiger partial charge in [-0.15, -0.1) is 11.3 Å². The van der Waals surface area contributed by atoms with Crippen molar-refractivity contribution >= 4 is 22.6 Å². The van der Waals surface area contributed by atoms with E-state index in [2.05, 4.69) is 5.10 Å². The van der Waals surface area contributed by atoms with Crippen LogP contribution in [-0.4, -0.2) is 15.4 Å². The van der Waals surface area contributed by atoms with Crippen LogP contribution < -0.4 is 0 Å². The van der Waals surface area contributed by atoms with E-state index in [4.69, 9.17) is 0 Å². The van der Waals surface area contributed by atoms with Crippen LogP contribution >= 0.6 is 11.3 Å². The van der Waals surface area contributed by atoms with Crippen LogP contribution in [0.15, 0.2) is 41.9 Å². The molecule has 0 aromatic carbocycles. The smallest absolute Gasteiger partial charge is 0.170 e. The van der Waals surface area contributed by atoms with Gasteiger partial charge in [0.1, 0.15) is 0 Å². The quantitative estimate of drug-likeness (QED) is 0.646. The van der Waals surface area contributed by atoms with E-state index in [-0.39, 0.29) is 5.78 Å². The molecule has 0 fully saturated rings. The Bertz CT molecular complexity index is 696. The van der Waals surface area contributed by atoms with E-state index in [0.29, 0.717) is 0 Å². The Morgan fingerprint density at radius 1 is 1.29 bits per heavy atom. The lowest BCUT2D eigenvalue weighted by atomic mass is 10.1. The molecule has 0 aliphatic rings. The molecule has 4 heteroatoms. The molecule has 0 saturated heterocycles. The Kier molecular flexibility index (Phi) is 2.30. The number of carbonyl (C=O) groups is 1. The summed E-state index contributed by atoms with van der Waals surface area (Å²) in [5, 5.41) is 6.22. The van der Waals surface area contributed by atoms with E-state index < -0.39 is 0 Å². The third-order valence-corrected chi connectivity index (χ3v) is 3.70. The zero-order valence-electron chi connectivity index (χ0n) is 9.25. The zero-order chi connectivity index (χ0) is 11.8. The Hall–Kier alpha value is -1.94. The maximum absolute atomic E-state index is 11.6. The average Bonchev–Trinajstić information content (AvgIpc) is 2.97. The second-order valence-electron chi connectivity index (χ2n) is 3.80. The summed E-state index contributed by atoms with van der Waals surface area (Å²) in [7, 11) is 0.